The number of hydrogen-bond acceptors (Lipinski definition) is 4. The van der Waals surface area contributed by atoms with Crippen molar-refractivity contribution < 1.29 is 0 Å². The van der Waals surface area contributed by atoms with Gasteiger partial charge in [-0.15, -0.1) is 11.3 Å². The van der Waals surface area contributed by atoms with Gasteiger partial charge in [0.05, 0.1) is 16.8 Å². The molecular formula is C14H20N4S. The second-order valence-electron chi connectivity index (χ2n) is 5.23. The van der Waals surface area contributed by atoms with Crippen LogP contribution >= 0.6 is 11.3 Å². The molecule has 2 aromatic rings. The number of nitrogens with zero attached hydrogens (tertiary/aromatic N) is 2. The number of likely N-dealkylation sites (N-methyl/N-ethyl adjacent to an activating group) is 1. The molecule has 1 aliphatic heterocycles. The zero-order valence-corrected chi connectivity index (χ0v) is 12.0. The summed E-state index contributed by atoms with van der Waals surface area (Å²) in [6.07, 6.45) is 4.50. The van der Waals surface area contributed by atoms with Crippen LogP contribution in [0.3, 0.4) is 0 Å². The van der Waals surface area contributed by atoms with Crippen molar-refractivity contribution in [1.29, 1.82) is 0 Å². The van der Waals surface area contributed by atoms with E-state index in [1.165, 1.54) is 29.8 Å². The summed E-state index contributed by atoms with van der Waals surface area (Å²) in [6.45, 7) is 3.26. The third-order valence-corrected chi connectivity index (χ3v) is 4.58. The van der Waals surface area contributed by atoms with Crippen LogP contribution in [0.4, 0.5) is 0 Å². The minimum Gasteiger partial charge on any atom is -0.309 e. The molecule has 3 rings (SSSR count). The van der Waals surface area contributed by atoms with Crippen molar-refractivity contribution in [3.05, 3.63) is 29.3 Å². The summed E-state index contributed by atoms with van der Waals surface area (Å²) in [5, 5.41) is 13.1. The first-order chi connectivity index (χ1) is 9.33. The highest BCUT2D eigenvalue weighted by atomic mass is 32.1. The first-order valence-electron chi connectivity index (χ1n) is 6.81. The van der Waals surface area contributed by atoms with Crippen LogP contribution in [0, 0.1) is 0 Å². The second kappa shape index (κ2) is 5.86. The Balaban J connectivity index is 1.63. The molecule has 1 fully saturated rings. The fourth-order valence-electron chi connectivity index (χ4n) is 2.67. The van der Waals surface area contributed by atoms with E-state index in [4.69, 9.17) is 0 Å². The molecule has 1 unspecified atom stereocenters. The van der Waals surface area contributed by atoms with Gasteiger partial charge in [-0.3, -0.25) is 5.10 Å². The van der Waals surface area contributed by atoms with Crippen LogP contribution < -0.4 is 5.32 Å². The molecule has 0 aromatic carbocycles. The fourth-order valence-corrected chi connectivity index (χ4v) is 3.42. The highest BCUT2D eigenvalue weighted by molar-refractivity contribution is 7.13. The average molecular weight is 276 g/mol. The first-order valence-corrected chi connectivity index (χ1v) is 7.69. The van der Waals surface area contributed by atoms with Crippen LogP contribution in [0.15, 0.2) is 23.7 Å². The number of rotatable bonds is 4. The molecule has 4 nitrogen and oxygen atoms in total. The Hall–Kier alpha value is -1.17. The molecule has 5 heteroatoms. The molecule has 0 bridgehead atoms. The lowest BCUT2D eigenvalue weighted by molar-refractivity contribution is 0.226. The predicted octanol–water partition coefficient (Wildman–Crippen LogP) is 2.32. The molecule has 0 aliphatic carbocycles. The van der Waals surface area contributed by atoms with Gasteiger partial charge in [-0.1, -0.05) is 6.07 Å². The lowest BCUT2D eigenvalue weighted by atomic mass is 10.1. The van der Waals surface area contributed by atoms with Gasteiger partial charge in [-0.2, -0.15) is 5.10 Å². The van der Waals surface area contributed by atoms with Crippen molar-refractivity contribution >= 4 is 11.3 Å². The van der Waals surface area contributed by atoms with Crippen LogP contribution in [0.1, 0.15) is 18.4 Å². The molecule has 0 amide bonds. The molecule has 1 aliphatic rings. The summed E-state index contributed by atoms with van der Waals surface area (Å²) in [5.41, 5.74) is 2.42. The number of aromatic amines is 1. The molecular weight excluding hydrogens is 256 g/mol. The van der Waals surface area contributed by atoms with Crippen LogP contribution in [0.25, 0.3) is 10.6 Å². The van der Waals surface area contributed by atoms with E-state index in [1.54, 1.807) is 11.3 Å². The van der Waals surface area contributed by atoms with Crippen molar-refractivity contribution in [2.75, 3.05) is 20.1 Å². The molecule has 0 radical (unpaired) electrons. The topological polar surface area (TPSA) is 44.0 Å². The van der Waals surface area contributed by atoms with Gasteiger partial charge in [0.1, 0.15) is 0 Å². The van der Waals surface area contributed by atoms with Gasteiger partial charge in [0.2, 0.25) is 0 Å². The largest absolute Gasteiger partial charge is 0.309 e. The van der Waals surface area contributed by atoms with E-state index < -0.39 is 0 Å². The molecule has 0 saturated carbocycles. The molecule has 1 saturated heterocycles. The van der Waals surface area contributed by atoms with E-state index in [1.807, 2.05) is 6.20 Å². The van der Waals surface area contributed by atoms with Crippen LogP contribution in [0.2, 0.25) is 0 Å². The number of aromatic nitrogens is 2. The van der Waals surface area contributed by atoms with Gasteiger partial charge in [0.25, 0.3) is 0 Å². The van der Waals surface area contributed by atoms with E-state index in [0.717, 1.165) is 18.8 Å². The molecule has 2 aromatic heterocycles. The van der Waals surface area contributed by atoms with Gasteiger partial charge < -0.3 is 10.2 Å². The van der Waals surface area contributed by atoms with Gasteiger partial charge >= 0.3 is 0 Å². The Morgan fingerprint density at radius 3 is 3.32 bits per heavy atom. The third kappa shape index (κ3) is 3.05. The Morgan fingerprint density at radius 2 is 2.53 bits per heavy atom. The number of piperidine rings is 1. The van der Waals surface area contributed by atoms with Crippen molar-refractivity contribution in [3.63, 3.8) is 0 Å². The fraction of sp³-hybridized carbons (Fsp3) is 0.500. The lowest BCUT2D eigenvalue weighted by Gasteiger charge is -2.30. The third-order valence-electron chi connectivity index (χ3n) is 3.69. The first kappa shape index (κ1) is 12.8. The van der Waals surface area contributed by atoms with Gasteiger partial charge in [-0.25, -0.2) is 0 Å². The van der Waals surface area contributed by atoms with Crippen molar-refractivity contribution in [2.45, 2.75) is 25.4 Å². The maximum Gasteiger partial charge on any atom is 0.0794 e. The normalized spacial score (nSPS) is 20.8. The predicted molar refractivity (Wildman–Crippen MR) is 79.3 cm³/mol. The maximum absolute atomic E-state index is 4.19. The van der Waals surface area contributed by atoms with Crippen LogP contribution in [-0.4, -0.2) is 41.3 Å². The molecule has 102 valence electrons. The van der Waals surface area contributed by atoms with E-state index in [2.05, 4.69) is 45.0 Å². The Kier molecular flexibility index (Phi) is 3.96. The maximum atomic E-state index is 4.19. The van der Waals surface area contributed by atoms with Crippen LogP contribution in [-0.2, 0) is 6.54 Å². The Morgan fingerprint density at radius 1 is 1.58 bits per heavy atom. The summed E-state index contributed by atoms with van der Waals surface area (Å²) in [4.78, 5) is 3.66. The number of H-pyrrole nitrogens is 1. The monoisotopic (exact) mass is 276 g/mol. The van der Waals surface area contributed by atoms with Crippen molar-refractivity contribution in [1.82, 2.24) is 20.4 Å². The number of thiophene rings is 1. The lowest BCUT2D eigenvalue weighted by Crippen LogP contribution is -2.43. The molecule has 3 heterocycles. The number of hydrogen-bond donors (Lipinski definition) is 2. The smallest absolute Gasteiger partial charge is 0.0794 e. The van der Waals surface area contributed by atoms with E-state index >= 15 is 0 Å². The zero-order chi connectivity index (χ0) is 13.1. The molecule has 19 heavy (non-hydrogen) atoms. The minimum atomic E-state index is 0.602. The summed E-state index contributed by atoms with van der Waals surface area (Å²) in [7, 11) is 2.20. The Labute approximate surface area is 117 Å². The molecule has 1 atom stereocenters. The van der Waals surface area contributed by atoms with Crippen molar-refractivity contribution in [2.24, 2.45) is 0 Å². The summed E-state index contributed by atoms with van der Waals surface area (Å²) in [6, 6.07) is 4.81. The van der Waals surface area contributed by atoms with E-state index in [-0.39, 0.29) is 0 Å². The Bertz CT molecular complexity index is 505. The standard InChI is InChI=1S/C14H20N4S/c1-18-6-2-4-12(10-18)15-8-11-9-16-17-14(11)13-5-3-7-19-13/h3,5,7,9,12,15H,2,4,6,8,10H2,1H3,(H,16,17). The van der Waals surface area contributed by atoms with Crippen molar-refractivity contribution in [3.8, 4) is 10.6 Å². The quantitative estimate of drug-likeness (QED) is 0.901. The summed E-state index contributed by atoms with van der Waals surface area (Å²) >= 11 is 1.75. The zero-order valence-electron chi connectivity index (χ0n) is 11.2. The van der Waals surface area contributed by atoms with Gasteiger partial charge in [-0.05, 0) is 37.9 Å². The van der Waals surface area contributed by atoms with Gasteiger partial charge in [0, 0.05) is 24.7 Å². The summed E-state index contributed by atoms with van der Waals surface area (Å²) < 4.78 is 0. The minimum absolute atomic E-state index is 0.602. The molecule has 0 spiro atoms. The number of likely N-dealkylation sites (tertiary alicyclic amines) is 1. The van der Waals surface area contributed by atoms with Crippen LogP contribution in [0.5, 0.6) is 0 Å². The highest BCUT2D eigenvalue weighted by Gasteiger charge is 2.17. The average Bonchev–Trinajstić information content (AvgIpc) is 3.07. The van der Waals surface area contributed by atoms with E-state index in [9.17, 15) is 0 Å². The SMILES string of the molecule is CN1CCCC(NCc2cn[nH]c2-c2cccs2)C1. The molecule has 2 N–H and O–H groups in total. The number of nitrogens with one attached hydrogen (secondary N) is 2. The second-order valence-corrected chi connectivity index (χ2v) is 6.18. The highest BCUT2D eigenvalue weighted by Crippen LogP contribution is 2.25. The van der Waals surface area contributed by atoms with Gasteiger partial charge in [0.15, 0.2) is 0 Å². The van der Waals surface area contributed by atoms with E-state index in [0.29, 0.717) is 6.04 Å². The summed E-state index contributed by atoms with van der Waals surface area (Å²) in [5.74, 6) is 0.